The minimum atomic E-state index is -0.749. The quantitative estimate of drug-likeness (QED) is 0.420. The molecule has 1 amide bonds. The van der Waals surface area contributed by atoms with Crippen LogP contribution in [0.2, 0.25) is 0 Å². The molecular weight excluding hydrogens is 254 g/mol. The van der Waals surface area contributed by atoms with Gasteiger partial charge < -0.3 is 25.6 Å². The van der Waals surface area contributed by atoms with E-state index in [1.165, 1.54) is 6.34 Å². The monoisotopic (exact) mass is 269 g/mol. The predicted octanol–water partition coefficient (Wildman–Crippen LogP) is -3.06. The van der Waals surface area contributed by atoms with Crippen LogP contribution >= 0.6 is 0 Å². The van der Waals surface area contributed by atoms with Crippen molar-refractivity contribution in [1.82, 2.24) is 10.2 Å². The second-order valence-corrected chi connectivity index (χ2v) is 4.69. The van der Waals surface area contributed by atoms with Crippen LogP contribution in [0, 0.1) is 0 Å². The topological polar surface area (TPSA) is 133 Å². The van der Waals surface area contributed by atoms with Crippen LogP contribution in [-0.2, 0) is 9.53 Å². The summed E-state index contributed by atoms with van der Waals surface area (Å²) in [4.78, 5) is 21.5. The number of rotatable bonds is 2. The molecule has 19 heavy (non-hydrogen) atoms. The lowest BCUT2D eigenvalue weighted by Crippen LogP contribution is -2.55. The smallest absolute Gasteiger partial charge is 0.255 e. The van der Waals surface area contributed by atoms with E-state index in [1.54, 1.807) is 4.90 Å². The van der Waals surface area contributed by atoms with Crippen LogP contribution in [-0.4, -0.2) is 70.6 Å². The average molecular weight is 269 g/mol. The van der Waals surface area contributed by atoms with E-state index in [0.29, 0.717) is 6.42 Å². The third kappa shape index (κ3) is 1.95. The summed E-state index contributed by atoms with van der Waals surface area (Å²) in [5, 5.41) is 21.2. The van der Waals surface area contributed by atoms with Crippen LogP contribution < -0.4 is 11.1 Å². The largest absolute Gasteiger partial charge is 0.394 e. The van der Waals surface area contributed by atoms with Gasteiger partial charge in [-0.25, -0.2) is 4.99 Å². The first-order chi connectivity index (χ1) is 9.10. The molecule has 1 fully saturated rings. The minimum Gasteiger partial charge on any atom is -0.394 e. The first-order valence-corrected chi connectivity index (χ1v) is 5.99. The predicted molar refractivity (Wildman–Crippen MR) is 64.0 cm³/mol. The third-order valence-corrected chi connectivity index (χ3v) is 3.46. The van der Waals surface area contributed by atoms with Gasteiger partial charge in [0, 0.05) is 6.42 Å². The standard InChI is InChI=1S/C10H15N5O4/c11-10-13-8-7(9(18)14-10)12-3-15(8)6-1-4(17)5(2-16)19-6/h3-8,16-17H,1-2H2,(H3,11,13,14,18)/t4-,5-,6-,7?,8?/m1/s1. The van der Waals surface area contributed by atoms with Crippen LogP contribution in [0.3, 0.4) is 0 Å². The number of guanidine groups is 1. The molecule has 3 rings (SSSR count). The third-order valence-electron chi connectivity index (χ3n) is 3.46. The number of amides is 1. The molecule has 0 aromatic carbocycles. The second-order valence-electron chi connectivity index (χ2n) is 4.69. The van der Waals surface area contributed by atoms with Crippen molar-refractivity contribution in [3.63, 3.8) is 0 Å². The fraction of sp³-hybridized carbons (Fsp3) is 0.700. The van der Waals surface area contributed by atoms with E-state index in [1.807, 2.05) is 0 Å². The Bertz CT molecular complexity index is 453. The van der Waals surface area contributed by atoms with E-state index >= 15 is 0 Å². The van der Waals surface area contributed by atoms with Crippen molar-refractivity contribution in [3.8, 4) is 0 Å². The molecule has 9 heteroatoms. The molecule has 3 heterocycles. The van der Waals surface area contributed by atoms with Crippen molar-refractivity contribution in [2.45, 2.75) is 37.1 Å². The van der Waals surface area contributed by atoms with Crippen LogP contribution in [0.5, 0.6) is 0 Å². The van der Waals surface area contributed by atoms with Gasteiger partial charge >= 0.3 is 0 Å². The molecule has 3 aliphatic rings. The number of carbonyl (C=O) groups excluding carboxylic acids is 1. The molecule has 9 nitrogen and oxygen atoms in total. The average Bonchev–Trinajstić information content (AvgIpc) is 2.92. The maximum absolute atomic E-state index is 11.7. The number of ether oxygens (including phenoxy) is 1. The highest BCUT2D eigenvalue weighted by Gasteiger charge is 2.46. The van der Waals surface area contributed by atoms with E-state index in [0.717, 1.165) is 0 Å². The van der Waals surface area contributed by atoms with Gasteiger partial charge in [-0.3, -0.25) is 15.1 Å². The zero-order chi connectivity index (χ0) is 13.6. The number of hydrogen-bond acceptors (Lipinski definition) is 8. The Kier molecular flexibility index (Phi) is 2.88. The maximum Gasteiger partial charge on any atom is 0.255 e. The van der Waals surface area contributed by atoms with Crippen molar-refractivity contribution in [2.75, 3.05) is 6.61 Å². The van der Waals surface area contributed by atoms with Gasteiger partial charge in [0.05, 0.1) is 19.0 Å². The first kappa shape index (κ1) is 12.3. The Labute approximate surface area is 108 Å². The molecule has 0 radical (unpaired) electrons. The Morgan fingerprint density at radius 2 is 2.42 bits per heavy atom. The molecule has 1 saturated heterocycles. The summed E-state index contributed by atoms with van der Waals surface area (Å²) in [6.07, 6.45) is -0.611. The summed E-state index contributed by atoms with van der Waals surface area (Å²) in [7, 11) is 0. The fourth-order valence-electron chi connectivity index (χ4n) is 2.48. The highest BCUT2D eigenvalue weighted by molar-refractivity contribution is 6.02. The van der Waals surface area contributed by atoms with Crippen molar-refractivity contribution >= 4 is 18.2 Å². The Morgan fingerprint density at radius 3 is 3.11 bits per heavy atom. The number of hydrogen-bond donors (Lipinski definition) is 4. The summed E-state index contributed by atoms with van der Waals surface area (Å²) >= 11 is 0. The molecule has 0 saturated carbocycles. The van der Waals surface area contributed by atoms with E-state index in [-0.39, 0.29) is 18.5 Å². The van der Waals surface area contributed by atoms with Crippen molar-refractivity contribution in [2.24, 2.45) is 15.7 Å². The SMILES string of the molecule is NC1=NC2C(N=CN2[C@H]2C[C@@H](O)[C@@H](CO)O2)C(=O)N1. The molecule has 104 valence electrons. The van der Waals surface area contributed by atoms with Crippen molar-refractivity contribution in [3.05, 3.63) is 0 Å². The fourth-order valence-corrected chi connectivity index (χ4v) is 2.48. The summed E-state index contributed by atoms with van der Waals surface area (Å²) in [5.74, 6) is -0.271. The number of aliphatic imine (C=N–C) groups is 2. The van der Waals surface area contributed by atoms with Gasteiger partial charge in [0.2, 0.25) is 0 Å². The van der Waals surface area contributed by atoms with Crippen LogP contribution in [0.4, 0.5) is 0 Å². The van der Waals surface area contributed by atoms with Crippen molar-refractivity contribution < 1.29 is 19.7 Å². The molecule has 2 unspecified atom stereocenters. The molecule has 5 atom stereocenters. The lowest BCUT2D eigenvalue weighted by Gasteiger charge is -2.31. The second kappa shape index (κ2) is 4.44. The van der Waals surface area contributed by atoms with Gasteiger partial charge in [0.25, 0.3) is 5.91 Å². The molecule has 0 aromatic heterocycles. The number of carbonyl (C=O) groups is 1. The summed E-state index contributed by atoms with van der Waals surface area (Å²) in [5.41, 5.74) is 5.53. The zero-order valence-corrected chi connectivity index (χ0v) is 10.0. The Balaban J connectivity index is 1.78. The number of nitrogens with two attached hydrogens (primary N) is 1. The molecular formula is C10H15N5O4. The van der Waals surface area contributed by atoms with Gasteiger partial charge in [0.15, 0.2) is 18.2 Å². The number of aliphatic hydroxyl groups is 2. The van der Waals surface area contributed by atoms with Gasteiger partial charge in [-0.15, -0.1) is 0 Å². The number of nitrogens with zero attached hydrogens (tertiary/aromatic N) is 3. The molecule has 0 aliphatic carbocycles. The van der Waals surface area contributed by atoms with E-state index in [2.05, 4.69) is 15.3 Å². The summed E-state index contributed by atoms with van der Waals surface area (Å²) < 4.78 is 5.52. The Morgan fingerprint density at radius 1 is 1.63 bits per heavy atom. The lowest BCUT2D eigenvalue weighted by atomic mass is 10.1. The first-order valence-electron chi connectivity index (χ1n) is 5.99. The molecule has 3 aliphatic heterocycles. The van der Waals surface area contributed by atoms with Crippen molar-refractivity contribution in [1.29, 1.82) is 0 Å². The molecule has 0 spiro atoms. The zero-order valence-electron chi connectivity index (χ0n) is 10.0. The van der Waals surface area contributed by atoms with Gasteiger partial charge in [-0.2, -0.15) is 0 Å². The van der Waals surface area contributed by atoms with E-state index in [4.69, 9.17) is 15.6 Å². The summed E-state index contributed by atoms with van der Waals surface area (Å²) in [6.45, 7) is -0.261. The van der Waals surface area contributed by atoms with E-state index < -0.39 is 30.6 Å². The van der Waals surface area contributed by atoms with Gasteiger partial charge in [0.1, 0.15) is 12.3 Å². The van der Waals surface area contributed by atoms with Crippen LogP contribution in [0.1, 0.15) is 6.42 Å². The van der Waals surface area contributed by atoms with Crippen LogP contribution in [0.25, 0.3) is 0 Å². The number of fused-ring (bicyclic) bond motifs is 1. The minimum absolute atomic E-state index is 0.0407. The Hall–Kier alpha value is -1.71. The highest BCUT2D eigenvalue weighted by atomic mass is 16.5. The highest BCUT2D eigenvalue weighted by Crippen LogP contribution is 2.28. The molecule has 0 aromatic rings. The summed E-state index contributed by atoms with van der Waals surface area (Å²) in [6, 6.07) is -0.652. The van der Waals surface area contributed by atoms with Crippen LogP contribution in [0.15, 0.2) is 9.98 Å². The number of aliphatic hydroxyl groups excluding tert-OH is 2. The number of nitrogens with one attached hydrogen (secondary N) is 1. The molecule has 5 N–H and O–H groups in total. The normalized spacial score (nSPS) is 41.2. The molecule has 0 bridgehead atoms. The van der Waals surface area contributed by atoms with E-state index in [9.17, 15) is 9.90 Å². The van der Waals surface area contributed by atoms with Gasteiger partial charge in [-0.1, -0.05) is 0 Å². The lowest BCUT2D eigenvalue weighted by molar-refractivity contribution is -0.123. The maximum atomic E-state index is 11.7. The van der Waals surface area contributed by atoms with Gasteiger partial charge in [-0.05, 0) is 0 Å².